The first-order chi connectivity index (χ1) is 12.8. The number of benzene rings is 2. The van der Waals surface area contributed by atoms with Crippen LogP contribution in [0.4, 0.5) is 0 Å². The summed E-state index contributed by atoms with van der Waals surface area (Å²) >= 11 is 3.50. The summed E-state index contributed by atoms with van der Waals surface area (Å²) in [5.41, 5.74) is 2.05. The van der Waals surface area contributed by atoms with Gasteiger partial charge in [0.2, 0.25) is 0 Å². The van der Waals surface area contributed by atoms with E-state index >= 15 is 0 Å². The van der Waals surface area contributed by atoms with Gasteiger partial charge in [0, 0.05) is 5.56 Å². The first-order valence-electron chi connectivity index (χ1n) is 8.79. The van der Waals surface area contributed by atoms with Crippen LogP contribution in [0, 0.1) is 0 Å². The second-order valence-corrected chi connectivity index (χ2v) is 7.38. The Labute approximate surface area is 169 Å². The lowest BCUT2D eigenvalue weighted by atomic mass is 10.0. The maximum atomic E-state index is 12.3. The number of halogens is 1. The first kappa shape index (κ1) is 21.1. The molecule has 0 saturated heterocycles. The Morgan fingerprint density at radius 1 is 1.04 bits per heavy atom. The molecule has 0 aromatic heterocycles. The minimum absolute atomic E-state index is 0.0732. The third-order valence-electron chi connectivity index (χ3n) is 4.26. The van der Waals surface area contributed by atoms with E-state index in [2.05, 4.69) is 35.1 Å². The summed E-state index contributed by atoms with van der Waals surface area (Å²) in [5.74, 6) is 2.25. The summed E-state index contributed by atoms with van der Waals surface area (Å²) in [4.78, 5) is 12.3. The van der Waals surface area contributed by atoms with Crippen LogP contribution in [0.1, 0.15) is 43.9 Å². The number of hydrogen-bond acceptors (Lipinski definition) is 4. The van der Waals surface area contributed by atoms with Crippen LogP contribution in [-0.2, 0) is 4.79 Å². The van der Waals surface area contributed by atoms with Gasteiger partial charge in [0.25, 0.3) is 5.91 Å². The fourth-order valence-electron chi connectivity index (χ4n) is 2.68. The quantitative estimate of drug-likeness (QED) is 0.643. The molecule has 146 valence electrons. The van der Waals surface area contributed by atoms with E-state index in [4.69, 9.17) is 14.2 Å². The average Bonchev–Trinajstić information content (AvgIpc) is 2.66. The van der Waals surface area contributed by atoms with Crippen molar-refractivity contribution >= 4 is 21.8 Å². The van der Waals surface area contributed by atoms with Crippen LogP contribution in [0.5, 0.6) is 17.2 Å². The van der Waals surface area contributed by atoms with E-state index < -0.39 is 0 Å². The highest BCUT2D eigenvalue weighted by molar-refractivity contribution is 9.10. The van der Waals surface area contributed by atoms with Gasteiger partial charge in [-0.3, -0.25) is 4.79 Å². The molecule has 2 rings (SSSR count). The number of ether oxygens (including phenoxy) is 3. The Balaban J connectivity index is 2.00. The summed E-state index contributed by atoms with van der Waals surface area (Å²) in [5, 5.41) is 2.93. The van der Waals surface area contributed by atoms with Crippen molar-refractivity contribution < 1.29 is 19.0 Å². The minimum Gasteiger partial charge on any atom is -0.497 e. The molecule has 1 amide bonds. The Kier molecular flexibility index (Phi) is 7.54. The van der Waals surface area contributed by atoms with E-state index in [0.717, 1.165) is 10.0 Å². The van der Waals surface area contributed by atoms with Gasteiger partial charge >= 0.3 is 0 Å². The maximum Gasteiger partial charge on any atom is 0.258 e. The lowest BCUT2D eigenvalue weighted by Gasteiger charge is -2.18. The zero-order valence-corrected chi connectivity index (χ0v) is 17.9. The van der Waals surface area contributed by atoms with Crippen molar-refractivity contribution in [3.8, 4) is 17.2 Å². The molecule has 0 spiro atoms. The van der Waals surface area contributed by atoms with Crippen LogP contribution >= 0.6 is 15.9 Å². The second-order valence-electron chi connectivity index (χ2n) is 6.53. The lowest BCUT2D eigenvalue weighted by Crippen LogP contribution is -2.31. The largest absolute Gasteiger partial charge is 0.497 e. The Bertz CT molecular complexity index is 792. The number of methoxy groups -OCH3 is 2. The second kappa shape index (κ2) is 9.65. The molecule has 1 atom stereocenters. The predicted octanol–water partition coefficient (Wildman–Crippen LogP) is 4.85. The van der Waals surface area contributed by atoms with E-state index in [1.54, 1.807) is 14.2 Å². The molecule has 0 aliphatic rings. The highest BCUT2D eigenvalue weighted by atomic mass is 79.9. The van der Waals surface area contributed by atoms with Crippen molar-refractivity contribution in [1.29, 1.82) is 0 Å². The Morgan fingerprint density at radius 2 is 1.74 bits per heavy atom. The Hall–Kier alpha value is -2.21. The molecular formula is C21H26BrNO4. The van der Waals surface area contributed by atoms with Gasteiger partial charge in [-0.25, -0.2) is 0 Å². The fourth-order valence-corrected chi connectivity index (χ4v) is 3.19. The number of carbonyl (C=O) groups excluding carboxylic acids is 1. The number of nitrogens with one attached hydrogen (secondary N) is 1. The van der Waals surface area contributed by atoms with Crippen LogP contribution in [0.2, 0.25) is 0 Å². The van der Waals surface area contributed by atoms with Crippen LogP contribution in [0.25, 0.3) is 0 Å². The molecule has 6 heteroatoms. The number of hydrogen-bond donors (Lipinski definition) is 1. The molecule has 1 N–H and O–H groups in total. The van der Waals surface area contributed by atoms with Crippen LogP contribution in [-0.4, -0.2) is 26.7 Å². The maximum absolute atomic E-state index is 12.3. The van der Waals surface area contributed by atoms with Crippen LogP contribution in [0.3, 0.4) is 0 Å². The van der Waals surface area contributed by atoms with E-state index in [1.807, 2.05) is 43.3 Å². The highest BCUT2D eigenvalue weighted by Crippen LogP contribution is 2.30. The van der Waals surface area contributed by atoms with E-state index in [-0.39, 0.29) is 18.6 Å². The topological polar surface area (TPSA) is 56.8 Å². The van der Waals surface area contributed by atoms with Crippen molar-refractivity contribution in [2.24, 2.45) is 0 Å². The van der Waals surface area contributed by atoms with Gasteiger partial charge in [0.15, 0.2) is 6.61 Å². The van der Waals surface area contributed by atoms with Gasteiger partial charge in [-0.15, -0.1) is 0 Å². The van der Waals surface area contributed by atoms with Gasteiger partial charge in [-0.1, -0.05) is 19.9 Å². The zero-order valence-electron chi connectivity index (χ0n) is 16.3. The summed E-state index contributed by atoms with van der Waals surface area (Å²) in [6.07, 6.45) is 0. The lowest BCUT2D eigenvalue weighted by molar-refractivity contribution is -0.123. The molecule has 0 bridgehead atoms. The van der Waals surface area contributed by atoms with E-state index in [9.17, 15) is 4.79 Å². The molecule has 5 nitrogen and oxygen atoms in total. The molecule has 0 heterocycles. The fraction of sp³-hybridized carbons (Fsp3) is 0.381. The van der Waals surface area contributed by atoms with Crippen molar-refractivity contribution in [3.63, 3.8) is 0 Å². The molecule has 2 aromatic rings. The van der Waals surface area contributed by atoms with Gasteiger partial charge in [-0.05, 0) is 64.7 Å². The average molecular weight is 436 g/mol. The minimum atomic E-state index is -0.252. The van der Waals surface area contributed by atoms with Crippen molar-refractivity contribution in [3.05, 3.63) is 52.0 Å². The summed E-state index contributed by atoms with van der Waals surface area (Å²) in [7, 11) is 3.20. The summed E-state index contributed by atoms with van der Waals surface area (Å²) < 4.78 is 17.1. The molecule has 0 aliphatic carbocycles. The standard InChI is InChI=1S/C21H26BrNO4/c1-13(2)15-6-8-20(18(22)10-15)27-12-21(24)23-14(3)17-11-16(25-4)7-9-19(17)26-5/h6-11,13-14H,12H2,1-5H3,(H,23,24). The SMILES string of the molecule is COc1ccc(OC)c(C(C)NC(=O)COc2ccc(C(C)C)cc2Br)c1. The van der Waals surface area contributed by atoms with Gasteiger partial charge in [0.1, 0.15) is 17.2 Å². The predicted molar refractivity (Wildman–Crippen MR) is 110 cm³/mol. The van der Waals surface area contributed by atoms with Gasteiger partial charge in [-0.2, -0.15) is 0 Å². The van der Waals surface area contributed by atoms with Crippen molar-refractivity contribution in [1.82, 2.24) is 5.32 Å². The molecule has 0 fully saturated rings. The molecule has 27 heavy (non-hydrogen) atoms. The molecular weight excluding hydrogens is 410 g/mol. The number of carbonyl (C=O) groups is 1. The monoisotopic (exact) mass is 435 g/mol. The van der Waals surface area contributed by atoms with Gasteiger partial charge in [0.05, 0.1) is 24.7 Å². The molecule has 1 unspecified atom stereocenters. The van der Waals surface area contributed by atoms with Gasteiger partial charge < -0.3 is 19.5 Å². The van der Waals surface area contributed by atoms with Crippen molar-refractivity contribution in [2.75, 3.05) is 20.8 Å². The third kappa shape index (κ3) is 5.63. The summed E-state index contributed by atoms with van der Waals surface area (Å²) in [6, 6.07) is 11.1. The first-order valence-corrected chi connectivity index (χ1v) is 9.58. The Morgan fingerprint density at radius 3 is 2.33 bits per heavy atom. The van der Waals surface area contributed by atoms with Crippen LogP contribution in [0.15, 0.2) is 40.9 Å². The number of rotatable bonds is 8. The summed E-state index contributed by atoms with van der Waals surface area (Å²) in [6.45, 7) is 6.08. The zero-order chi connectivity index (χ0) is 20.0. The normalized spacial score (nSPS) is 11.8. The molecule has 0 radical (unpaired) electrons. The highest BCUT2D eigenvalue weighted by Gasteiger charge is 2.16. The smallest absolute Gasteiger partial charge is 0.258 e. The number of amides is 1. The molecule has 0 aliphatic heterocycles. The van der Waals surface area contributed by atoms with Crippen LogP contribution < -0.4 is 19.5 Å². The van der Waals surface area contributed by atoms with E-state index in [0.29, 0.717) is 23.2 Å². The van der Waals surface area contributed by atoms with Crippen molar-refractivity contribution in [2.45, 2.75) is 32.7 Å². The van der Waals surface area contributed by atoms with E-state index in [1.165, 1.54) is 5.56 Å². The third-order valence-corrected chi connectivity index (χ3v) is 4.88. The molecule has 0 saturated carbocycles. The molecule has 2 aromatic carbocycles.